The number of aromatic nitrogens is 3. The van der Waals surface area contributed by atoms with Gasteiger partial charge in [-0.3, -0.25) is 4.79 Å². The Bertz CT molecular complexity index is 853. The summed E-state index contributed by atoms with van der Waals surface area (Å²) >= 11 is 1.53. The van der Waals surface area contributed by atoms with Crippen molar-refractivity contribution in [3.8, 4) is 0 Å². The lowest BCUT2D eigenvalue weighted by Gasteiger charge is -2.17. The first kappa shape index (κ1) is 15.1. The maximum Gasteiger partial charge on any atom is 0.227 e. The molecule has 0 fully saturated rings. The Morgan fingerprint density at radius 2 is 2.25 bits per heavy atom. The summed E-state index contributed by atoms with van der Waals surface area (Å²) < 4.78 is 1.79. The van der Waals surface area contributed by atoms with E-state index in [1.165, 1.54) is 16.9 Å². The Hall–Kier alpha value is -2.41. The van der Waals surface area contributed by atoms with E-state index >= 15 is 0 Å². The van der Waals surface area contributed by atoms with E-state index in [2.05, 4.69) is 21.5 Å². The van der Waals surface area contributed by atoms with Gasteiger partial charge in [0.1, 0.15) is 0 Å². The minimum absolute atomic E-state index is 0.200. The van der Waals surface area contributed by atoms with Crippen molar-refractivity contribution in [1.29, 1.82) is 0 Å². The first-order valence-corrected chi connectivity index (χ1v) is 8.97. The zero-order chi connectivity index (χ0) is 16.5. The standard InChI is InChI=1S/C17H19N5OS/c1-12-11-22-17(19-12)24-16(20-22)18-9-4-7-15(23)21-10-8-13-5-2-3-6-14(13)21/h2-3,5-6,11H,4,7-10H2,1H3,(H,18,20). The third kappa shape index (κ3) is 2.87. The monoisotopic (exact) mass is 341 g/mol. The molecule has 0 atom stereocenters. The molecule has 2 aromatic heterocycles. The van der Waals surface area contributed by atoms with Crippen LogP contribution < -0.4 is 10.2 Å². The van der Waals surface area contributed by atoms with Crippen LogP contribution in [0.1, 0.15) is 24.1 Å². The van der Waals surface area contributed by atoms with Crippen LogP contribution in [0.5, 0.6) is 0 Å². The number of carbonyl (C=O) groups is 1. The largest absolute Gasteiger partial charge is 0.360 e. The molecular formula is C17H19N5OS. The smallest absolute Gasteiger partial charge is 0.227 e. The number of hydrogen-bond acceptors (Lipinski definition) is 5. The zero-order valence-corrected chi connectivity index (χ0v) is 14.3. The van der Waals surface area contributed by atoms with E-state index in [9.17, 15) is 4.79 Å². The third-order valence-corrected chi connectivity index (χ3v) is 5.08. The number of benzene rings is 1. The molecule has 7 heteroatoms. The summed E-state index contributed by atoms with van der Waals surface area (Å²) in [5.41, 5.74) is 3.31. The summed E-state index contributed by atoms with van der Waals surface area (Å²) in [6, 6.07) is 8.16. The van der Waals surface area contributed by atoms with Gasteiger partial charge in [-0.2, -0.15) is 0 Å². The molecular weight excluding hydrogens is 322 g/mol. The molecule has 1 aliphatic rings. The summed E-state index contributed by atoms with van der Waals surface area (Å²) in [6.07, 6.45) is 4.20. The van der Waals surface area contributed by atoms with E-state index in [0.29, 0.717) is 6.42 Å². The number of aryl methyl sites for hydroxylation is 1. The molecule has 6 nitrogen and oxygen atoms in total. The molecule has 0 saturated heterocycles. The average molecular weight is 341 g/mol. The Morgan fingerprint density at radius 3 is 3.12 bits per heavy atom. The van der Waals surface area contributed by atoms with E-state index in [1.807, 2.05) is 36.2 Å². The van der Waals surface area contributed by atoms with Crippen LogP contribution in [-0.2, 0) is 11.2 Å². The molecule has 24 heavy (non-hydrogen) atoms. The lowest BCUT2D eigenvalue weighted by molar-refractivity contribution is -0.118. The molecule has 1 aromatic carbocycles. The van der Waals surface area contributed by atoms with Crippen LogP contribution in [0.2, 0.25) is 0 Å². The van der Waals surface area contributed by atoms with Gasteiger partial charge in [0.2, 0.25) is 16.0 Å². The van der Waals surface area contributed by atoms with Gasteiger partial charge in [-0.25, -0.2) is 9.50 Å². The van der Waals surface area contributed by atoms with Gasteiger partial charge in [0.05, 0.1) is 11.9 Å². The van der Waals surface area contributed by atoms with E-state index in [4.69, 9.17) is 0 Å². The number of nitrogens with one attached hydrogen (secondary N) is 1. The van der Waals surface area contributed by atoms with Gasteiger partial charge in [0.15, 0.2) is 0 Å². The number of amides is 1. The molecule has 0 unspecified atom stereocenters. The summed E-state index contributed by atoms with van der Waals surface area (Å²) in [6.45, 7) is 3.49. The fourth-order valence-corrected chi connectivity index (χ4v) is 3.90. The third-order valence-electron chi connectivity index (χ3n) is 4.20. The van der Waals surface area contributed by atoms with Crippen molar-refractivity contribution in [1.82, 2.24) is 14.6 Å². The van der Waals surface area contributed by atoms with Crippen LogP contribution in [0.25, 0.3) is 4.96 Å². The highest BCUT2D eigenvalue weighted by molar-refractivity contribution is 7.20. The van der Waals surface area contributed by atoms with E-state index in [-0.39, 0.29) is 5.91 Å². The minimum atomic E-state index is 0.200. The first-order chi connectivity index (χ1) is 11.7. The van der Waals surface area contributed by atoms with Crippen LogP contribution in [0.3, 0.4) is 0 Å². The number of fused-ring (bicyclic) bond motifs is 2. The molecule has 1 aliphatic heterocycles. The molecule has 0 bridgehead atoms. The first-order valence-electron chi connectivity index (χ1n) is 8.16. The van der Waals surface area contributed by atoms with Crippen molar-refractivity contribution < 1.29 is 4.79 Å². The predicted molar refractivity (Wildman–Crippen MR) is 95.8 cm³/mol. The number of anilines is 2. The van der Waals surface area contributed by atoms with Gasteiger partial charge < -0.3 is 10.2 Å². The fraction of sp³-hybridized carbons (Fsp3) is 0.353. The molecule has 1 amide bonds. The number of carbonyl (C=O) groups excluding carboxylic acids is 1. The van der Waals surface area contributed by atoms with Gasteiger partial charge in [-0.15, -0.1) is 5.10 Å². The van der Waals surface area contributed by atoms with Crippen molar-refractivity contribution in [3.63, 3.8) is 0 Å². The van der Waals surface area contributed by atoms with Crippen molar-refractivity contribution >= 4 is 33.0 Å². The summed E-state index contributed by atoms with van der Waals surface area (Å²) in [5, 5.41) is 8.55. The van der Waals surface area contributed by atoms with Crippen molar-refractivity contribution in [2.75, 3.05) is 23.3 Å². The SMILES string of the molecule is Cc1cn2nc(NCCCC(=O)N3CCc4ccccc43)sc2n1. The second-order valence-corrected chi connectivity index (χ2v) is 6.93. The molecule has 124 valence electrons. The molecule has 3 heterocycles. The topological polar surface area (TPSA) is 62.5 Å². The highest BCUT2D eigenvalue weighted by Gasteiger charge is 2.23. The molecule has 0 radical (unpaired) electrons. The molecule has 3 aromatic rings. The minimum Gasteiger partial charge on any atom is -0.360 e. The van der Waals surface area contributed by atoms with E-state index < -0.39 is 0 Å². The molecule has 1 N–H and O–H groups in total. The lowest BCUT2D eigenvalue weighted by Crippen LogP contribution is -2.29. The van der Waals surface area contributed by atoms with Gasteiger partial charge in [0, 0.05) is 25.2 Å². The summed E-state index contributed by atoms with van der Waals surface area (Å²) in [4.78, 5) is 19.6. The van der Waals surface area contributed by atoms with Crippen LogP contribution >= 0.6 is 11.3 Å². The zero-order valence-electron chi connectivity index (χ0n) is 13.5. The van der Waals surface area contributed by atoms with Crippen LogP contribution in [0.15, 0.2) is 30.5 Å². The molecule has 0 saturated carbocycles. The maximum absolute atomic E-state index is 12.4. The summed E-state index contributed by atoms with van der Waals surface area (Å²) in [7, 11) is 0. The Labute approximate surface area is 144 Å². The number of nitrogens with zero attached hydrogens (tertiary/aromatic N) is 4. The Balaban J connectivity index is 1.28. The highest BCUT2D eigenvalue weighted by atomic mass is 32.1. The second kappa shape index (κ2) is 6.24. The number of rotatable bonds is 5. The van der Waals surface area contributed by atoms with Gasteiger partial charge in [-0.1, -0.05) is 29.5 Å². The average Bonchev–Trinajstić information content (AvgIpc) is 3.23. The van der Waals surface area contributed by atoms with E-state index in [0.717, 1.165) is 47.4 Å². The maximum atomic E-state index is 12.4. The van der Waals surface area contributed by atoms with Gasteiger partial charge >= 0.3 is 0 Å². The fourth-order valence-electron chi connectivity index (χ4n) is 3.05. The van der Waals surface area contributed by atoms with Crippen molar-refractivity contribution in [3.05, 3.63) is 41.7 Å². The molecule has 4 rings (SSSR count). The molecule has 0 aliphatic carbocycles. The van der Waals surface area contributed by atoms with Crippen molar-refractivity contribution in [2.45, 2.75) is 26.2 Å². The summed E-state index contributed by atoms with van der Waals surface area (Å²) in [5.74, 6) is 0.200. The number of para-hydroxylation sites is 1. The van der Waals surface area contributed by atoms with Crippen LogP contribution in [-0.4, -0.2) is 33.6 Å². The Kier molecular flexibility index (Phi) is 3.93. The van der Waals surface area contributed by atoms with Gasteiger partial charge in [0.25, 0.3) is 0 Å². The van der Waals surface area contributed by atoms with E-state index in [1.54, 1.807) is 4.52 Å². The van der Waals surface area contributed by atoms with Crippen LogP contribution in [0, 0.1) is 6.92 Å². The number of hydrogen-bond donors (Lipinski definition) is 1. The van der Waals surface area contributed by atoms with Crippen LogP contribution in [0.4, 0.5) is 10.8 Å². The van der Waals surface area contributed by atoms with Crippen molar-refractivity contribution in [2.24, 2.45) is 0 Å². The second-order valence-electron chi connectivity index (χ2n) is 5.97. The normalized spacial score (nSPS) is 13.5. The highest BCUT2D eigenvalue weighted by Crippen LogP contribution is 2.28. The lowest BCUT2D eigenvalue weighted by atomic mass is 10.2. The number of imidazole rings is 1. The quantitative estimate of drug-likeness (QED) is 0.725. The van der Waals surface area contributed by atoms with Gasteiger partial charge in [-0.05, 0) is 31.4 Å². The molecule has 0 spiro atoms. The Morgan fingerprint density at radius 1 is 1.38 bits per heavy atom. The predicted octanol–water partition coefficient (Wildman–Crippen LogP) is 2.88.